The van der Waals surface area contributed by atoms with Crippen LogP contribution in [0, 0.1) is 29.1 Å². The van der Waals surface area contributed by atoms with Crippen LogP contribution < -0.4 is 9.47 Å². The van der Waals surface area contributed by atoms with Gasteiger partial charge in [-0.1, -0.05) is 36.4 Å². The maximum atomic E-state index is 13.5. The number of hydrogen-bond donors (Lipinski definition) is 0. The van der Waals surface area contributed by atoms with Crippen molar-refractivity contribution in [3.63, 3.8) is 0 Å². The van der Waals surface area contributed by atoms with Crippen molar-refractivity contribution in [2.24, 2.45) is 29.1 Å². The van der Waals surface area contributed by atoms with Gasteiger partial charge in [0.2, 0.25) is 0 Å². The van der Waals surface area contributed by atoms with E-state index in [-0.39, 0.29) is 5.92 Å². The van der Waals surface area contributed by atoms with E-state index in [0.29, 0.717) is 35.7 Å². The van der Waals surface area contributed by atoms with E-state index in [0.717, 1.165) is 19.3 Å². The van der Waals surface area contributed by atoms with Crippen LogP contribution in [0.25, 0.3) is 0 Å². The molecule has 3 aliphatic carbocycles. The molecule has 0 radical (unpaired) electrons. The summed E-state index contributed by atoms with van der Waals surface area (Å²) in [6.07, 6.45) is 4.88. The molecule has 3 fully saturated rings. The van der Waals surface area contributed by atoms with Crippen LogP contribution in [-0.2, 0) is 9.59 Å². The van der Waals surface area contributed by atoms with Gasteiger partial charge < -0.3 is 9.47 Å². The molecule has 2 aromatic carbocycles. The highest BCUT2D eigenvalue weighted by atomic mass is 16.6. The van der Waals surface area contributed by atoms with Gasteiger partial charge in [-0.3, -0.25) is 9.59 Å². The predicted octanol–water partition coefficient (Wildman–Crippen LogP) is 4.64. The van der Waals surface area contributed by atoms with Gasteiger partial charge >= 0.3 is 11.9 Å². The van der Waals surface area contributed by atoms with Crippen molar-refractivity contribution in [2.75, 3.05) is 0 Å². The molecule has 28 heavy (non-hydrogen) atoms. The zero-order valence-corrected chi connectivity index (χ0v) is 15.8. The minimum absolute atomic E-state index is 0.0404. The fourth-order valence-corrected chi connectivity index (χ4v) is 6.09. The SMILES string of the molecule is O=C(Oc1ccccc1)C1(C(=O)Oc2ccccc2)CCC2C3CCC(C3)C21. The summed E-state index contributed by atoms with van der Waals surface area (Å²) in [5.74, 6) is 1.61. The van der Waals surface area contributed by atoms with Gasteiger partial charge in [0.25, 0.3) is 0 Å². The van der Waals surface area contributed by atoms with Crippen molar-refractivity contribution in [3.05, 3.63) is 60.7 Å². The van der Waals surface area contributed by atoms with E-state index in [1.54, 1.807) is 24.3 Å². The first-order chi connectivity index (χ1) is 13.7. The number of carbonyl (C=O) groups excluding carboxylic acids is 2. The molecular formula is C24H24O4. The van der Waals surface area contributed by atoms with Crippen LogP contribution in [0.2, 0.25) is 0 Å². The summed E-state index contributed by atoms with van der Waals surface area (Å²) in [5.41, 5.74) is -1.20. The van der Waals surface area contributed by atoms with Gasteiger partial charge in [0.15, 0.2) is 5.41 Å². The van der Waals surface area contributed by atoms with Gasteiger partial charge in [-0.25, -0.2) is 0 Å². The second-order valence-corrected chi connectivity index (χ2v) is 8.44. The van der Waals surface area contributed by atoms with Crippen molar-refractivity contribution in [3.8, 4) is 11.5 Å². The molecule has 3 aliphatic rings. The molecule has 2 aromatic rings. The minimum atomic E-state index is -1.20. The molecule has 0 spiro atoms. The molecule has 3 saturated carbocycles. The standard InChI is InChI=1S/C24H24O4/c25-22(27-18-7-3-1-4-8-18)24(23(26)28-19-9-5-2-6-10-19)14-13-20-16-11-12-17(15-16)21(20)24/h1-10,16-17,20-21H,11-15H2. The smallest absolute Gasteiger partial charge is 0.329 e. The summed E-state index contributed by atoms with van der Waals surface area (Å²) in [7, 11) is 0. The molecule has 0 aromatic heterocycles. The maximum Gasteiger partial charge on any atom is 0.329 e. The Labute approximate surface area is 164 Å². The van der Waals surface area contributed by atoms with Crippen LogP contribution in [-0.4, -0.2) is 11.9 Å². The van der Waals surface area contributed by atoms with Gasteiger partial charge in [-0.2, -0.15) is 0 Å². The lowest BCUT2D eigenvalue weighted by molar-refractivity contribution is -0.166. The van der Waals surface area contributed by atoms with E-state index in [1.165, 1.54) is 6.42 Å². The number of carbonyl (C=O) groups is 2. The van der Waals surface area contributed by atoms with Crippen molar-refractivity contribution in [1.29, 1.82) is 0 Å². The van der Waals surface area contributed by atoms with Crippen molar-refractivity contribution >= 4 is 11.9 Å². The van der Waals surface area contributed by atoms with Gasteiger partial charge in [0, 0.05) is 0 Å². The van der Waals surface area contributed by atoms with Crippen molar-refractivity contribution in [2.45, 2.75) is 32.1 Å². The van der Waals surface area contributed by atoms with Crippen LogP contribution in [0.3, 0.4) is 0 Å². The van der Waals surface area contributed by atoms with Crippen LogP contribution in [0.4, 0.5) is 0 Å². The number of benzene rings is 2. The monoisotopic (exact) mass is 376 g/mol. The largest absolute Gasteiger partial charge is 0.426 e. The topological polar surface area (TPSA) is 52.6 Å². The summed E-state index contributed by atoms with van der Waals surface area (Å²) < 4.78 is 11.5. The van der Waals surface area contributed by atoms with Crippen LogP contribution >= 0.6 is 0 Å². The molecule has 0 amide bonds. The molecule has 0 N–H and O–H groups in total. The second-order valence-electron chi connectivity index (χ2n) is 8.44. The average Bonchev–Trinajstić information content (AvgIpc) is 3.42. The Morgan fingerprint density at radius 2 is 1.29 bits per heavy atom. The molecule has 0 aliphatic heterocycles. The van der Waals surface area contributed by atoms with E-state index < -0.39 is 17.4 Å². The Morgan fingerprint density at radius 1 is 0.750 bits per heavy atom. The number of fused-ring (bicyclic) bond motifs is 5. The van der Waals surface area contributed by atoms with E-state index in [2.05, 4.69) is 0 Å². The summed E-state index contributed by atoms with van der Waals surface area (Å²) in [5, 5.41) is 0. The molecule has 4 unspecified atom stereocenters. The Hall–Kier alpha value is -2.62. The van der Waals surface area contributed by atoms with Crippen LogP contribution in [0.1, 0.15) is 32.1 Å². The molecular weight excluding hydrogens is 352 g/mol. The Kier molecular flexibility index (Phi) is 4.22. The lowest BCUT2D eigenvalue weighted by Gasteiger charge is -2.35. The Bertz CT molecular complexity index is 822. The van der Waals surface area contributed by atoms with Gasteiger partial charge in [-0.05, 0) is 80.0 Å². The van der Waals surface area contributed by atoms with E-state index in [1.807, 2.05) is 36.4 Å². The number of rotatable bonds is 4. The third-order valence-corrected chi connectivity index (χ3v) is 7.17. The van der Waals surface area contributed by atoms with Gasteiger partial charge in [0.05, 0.1) is 0 Å². The minimum Gasteiger partial charge on any atom is -0.426 e. The highest BCUT2D eigenvalue weighted by Gasteiger charge is 2.68. The molecule has 2 bridgehead atoms. The van der Waals surface area contributed by atoms with Gasteiger partial charge in [-0.15, -0.1) is 0 Å². The number of hydrogen-bond acceptors (Lipinski definition) is 4. The quantitative estimate of drug-likeness (QED) is 0.443. The fourth-order valence-electron chi connectivity index (χ4n) is 6.09. The number of para-hydroxylation sites is 2. The van der Waals surface area contributed by atoms with Crippen molar-refractivity contribution < 1.29 is 19.1 Å². The number of esters is 2. The molecule has 4 heteroatoms. The van der Waals surface area contributed by atoms with E-state index in [9.17, 15) is 9.59 Å². The lowest BCUT2D eigenvalue weighted by atomic mass is 9.68. The third-order valence-electron chi connectivity index (χ3n) is 7.17. The van der Waals surface area contributed by atoms with Crippen LogP contribution in [0.5, 0.6) is 11.5 Å². The predicted molar refractivity (Wildman–Crippen MR) is 104 cm³/mol. The summed E-state index contributed by atoms with van der Waals surface area (Å²) in [6, 6.07) is 18.1. The lowest BCUT2D eigenvalue weighted by Crippen LogP contribution is -2.49. The summed E-state index contributed by atoms with van der Waals surface area (Å²) in [6.45, 7) is 0. The van der Waals surface area contributed by atoms with Crippen LogP contribution in [0.15, 0.2) is 60.7 Å². The third kappa shape index (κ3) is 2.66. The first-order valence-electron chi connectivity index (χ1n) is 10.2. The fraction of sp³-hybridized carbons (Fsp3) is 0.417. The zero-order chi connectivity index (χ0) is 19.1. The molecule has 0 heterocycles. The second kappa shape index (κ2) is 6.77. The highest BCUT2D eigenvalue weighted by Crippen LogP contribution is 2.65. The molecule has 4 nitrogen and oxygen atoms in total. The molecule has 144 valence electrons. The molecule has 5 rings (SSSR count). The summed E-state index contributed by atoms with van der Waals surface area (Å²) in [4.78, 5) is 26.9. The van der Waals surface area contributed by atoms with Gasteiger partial charge in [0.1, 0.15) is 11.5 Å². The molecule has 0 saturated heterocycles. The normalized spacial score (nSPS) is 29.3. The Morgan fingerprint density at radius 3 is 1.86 bits per heavy atom. The first-order valence-corrected chi connectivity index (χ1v) is 10.2. The Balaban J connectivity index is 1.49. The highest BCUT2D eigenvalue weighted by molar-refractivity contribution is 6.02. The van der Waals surface area contributed by atoms with E-state index in [4.69, 9.17) is 9.47 Å². The zero-order valence-electron chi connectivity index (χ0n) is 15.8. The summed E-state index contributed by atoms with van der Waals surface area (Å²) >= 11 is 0. The first kappa shape index (κ1) is 17.5. The van der Waals surface area contributed by atoms with Crippen molar-refractivity contribution in [1.82, 2.24) is 0 Å². The average molecular weight is 376 g/mol. The number of ether oxygens (including phenoxy) is 2. The molecule has 4 atom stereocenters. The van der Waals surface area contributed by atoms with E-state index >= 15 is 0 Å². The maximum absolute atomic E-state index is 13.5.